The number of urea groups is 1. The lowest BCUT2D eigenvalue weighted by Gasteiger charge is -2.02. The first-order chi connectivity index (χ1) is 11.6. The van der Waals surface area contributed by atoms with Gasteiger partial charge in [-0.1, -0.05) is 13.0 Å². The van der Waals surface area contributed by atoms with Crippen LogP contribution in [0, 0.1) is 6.92 Å². The van der Waals surface area contributed by atoms with Gasteiger partial charge in [-0.15, -0.1) is 16.4 Å². The number of rotatable bonds is 5. The Bertz CT molecular complexity index is 836. The van der Waals surface area contributed by atoms with E-state index < -0.39 is 0 Å². The molecule has 3 aromatic heterocycles. The molecule has 0 bridgehead atoms. The number of oxazole rings is 1. The third-order valence-electron chi connectivity index (χ3n) is 3.44. The molecular formula is C15H18N6O2S. The molecule has 2 N–H and O–H groups in total. The number of nitrogens with zero attached hydrogens (tertiary/aromatic N) is 4. The molecule has 3 heterocycles. The molecule has 3 rings (SSSR count). The molecule has 3 aromatic rings. The molecular weight excluding hydrogens is 328 g/mol. The summed E-state index contributed by atoms with van der Waals surface area (Å²) < 4.78 is 7.29. The van der Waals surface area contributed by atoms with Crippen molar-refractivity contribution in [2.24, 2.45) is 7.05 Å². The Morgan fingerprint density at radius 2 is 2.25 bits per heavy atom. The smallest absolute Gasteiger partial charge is 0.321 e. The molecule has 0 aromatic carbocycles. The number of aromatic nitrogens is 4. The summed E-state index contributed by atoms with van der Waals surface area (Å²) in [6.45, 7) is 4.07. The zero-order valence-corrected chi connectivity index (χ0v) is 14.5. The van der Waals surface area contributed by atoms with Gasteiger partial charge in [-0.25, -0.2) is 9.78 Å². The Hall–Kier alpha value is -2.68. The van der Waals surface area contributed by atoms with Gasteiger partial charge in [-0.3, -0.25) is 10.00 Å². The summed E-state index contributed by atoms with van der Waals surface area (Å²) in [7, 11) is 1.79. The van der Waals surface area contributed by atoms with Gasteiger partial charge in [0.05, 0.1) is 11.4 Å². The third-order valence-corrected chi connectivity index (χ3v) is 4.29. The Balaban J connectivity index is 1.60. The van der Waals surface area contributed by atoms with Crippen molar-refractivity contribution in [1.29, 1.82) is 0 Å². The van der Waals surface area contributed by atoms with Gasteiger partial charge in [0.25, 0.3) is 0 Å². The maximum absolute atomic E-state index is 12.0. The lowest BCUT2D eigenvalue weighted by molar-refractivity contribution is 0.251. The van der Waals surface area contributed by atoms with Crippen molar-refractivity contribution in [3.63, 3.8) is 0 Å². The van der Waals surface area contributed by atoms with Crippen molar-refractivity contribution in [3.8, 4) is 10.8 Å². The number of amides is 2. The Morgan fingerprint density at radius 3 is 2.92 bits per heavy atom. The highest BCUT2D eigenvalue weighted by Gasteiger charge is 2.14. The van der Waals surface area contributed by atoms with Gasteiger partial charge >= 0.3 is 6.03 Å². The third kappa shape index (κ3) is 3.46. The molecule has 2 amide bonds. The standard InChI is InChI=1S/C15H18N6O2S/c1-4-12-18-14(20-21(12)3)19-15(22)16-8-10-9(2)23-13(17-10)11-6-5-7-24-11/h5-7H,4,8H2,1-3H3,(H2,16,19,20,22). The normalized spacial score (nSPS) is 10.8. The van der Waals surface area contributed by atoms with Crippen molar-refractivity contribution in [2.45, 2.75) is 26.8 Å². The van der Waals surface area contributed by atoms with Crippen LogP contribution in [-0.2, 0) is 20.0 Å². The Morgan fingerprint density at radius 1 is 1.42 bits per heavy atom. The molecule has 0 fully saturated rings. The number of carbonyl (C=O) groups excluding carboxylic acids is 1. The van der Waals surface area contributed by atoms with Crippen LogP contribution in [0.25, 0.3) is 10.8 Å². The second-order valence-electron chi connectivity index (χ2n) is 5.14. The van der Waals surface area contributed by atoms with Crippen LogP contribution in [0.3, 0.4) is 0 Å². The highest BCUT2D eigenvalue weighted by molar-refractivity contribution is 7.13. The number of hydrogen-bond acceptors (Lipinski definition) is 6. The van der Waals surface area contributed by atoms with E-state index in [2.05, 4.69) is 25.7 Å². The molecule has 0 aliphatic rings. The van der Waals surface area contributed by atoms with Gasteiger partial charge in [0, 0.05) is 13.5 Å². The van der Waals surface area contributed by atoms with Gasteiger partial charge in [-0.2, -0.15) is 4.98 Å². The summed E-state index contributed by atoms with van der Waals surface area (Å²) >= 11 is 1.56. The van der Waals surface area contributed by atoms with Gasteiger partial charge < -0.3 is 9.73 Å². The van der Waals surface area contributed by atoms with Crippen molar-refractivity contribution < 1.29 is 9.21 Å². The van der Waals surface area contributed by atoms with Crippen LogP contribution in [0.4, 0.5) is 10.7 Å². The quantitative estimate of drug-likeness (QED) is 0.740. The molecule has 0 saturated carbocycles. The predicted octanol–water partition coefficient (Wildman–Crippen LogP) is 2.72. The molecule has 0 saturated heterocycles. The van der Waals surface area contributed by atoms with Gasteiger partial charge in [0.15, 0.2) is 0 Å². The number of aryl methyl sites for hydroxylation is 3. The van der Waals surface area contributed by atoms with E-state index in [9.17, 15) is 4.79 Å². The van der Waals surface area contributed by atoms with Crippen LogP contribution in [-0.4, -0.2) is 25.8 Å². The molecule has 0 unspecified atom stereocenters. The number of nitrogens with one attached hydrogen (secondary N) is 2. The summed E-state index contributed by atoms with van der Waals surface area (Å²) in [5, 5.41) is 11.4. The van der Waals surface area contributed by atoms with E-state index in [4.69, 9.17) is 4.42 Å². The second-order valence-corrected chi connectivity index (χ2v) is 6.08. The van der Waals surface area contributed by atoms with E-state index in [-0.39, 0.29) is 18.5 Å². The van der Waals surface area contributed by atoms with E-state index in [1.54, 1.807) is 23.1 Å². The number of thiophene rings is 1. The van der Waals surface area contributed by atoms with Gasteiger partial charge in [0.1, 0.15) is 17.3 Å². The fourth-order valence-corrected chi connectivity index (χ4v) is 2.83. The zero-order valence-electron chi connectivity index (χ0n) is 13.7. The zero-order chi connectivity index (χ0) is 17.1. The summed E-state index contributed by atoms with van der Waals surface area (Å²) in [5.41, 5.74) is 0.691. The van der Waals surface area contributed by atoms with E-state index in [0.29, 0.717) is 17.3 Å². The van der Waals surface area contributed by atoms with Gasteiger partial charge in [0.2, 0.25) is 11.8 Å². The fourth-order valence-electron chi connectivity index (χ4n) is 2.19. The molecule has 126 valence electrons. The maximum atomic E-state index is 12.0. The number of hydrogen-bond donors (Lipinski definition) is 2. The SMILES string of the molecule is CCc1nc(NC(=O)NCc2nc(-c3cccs3)oc2C)nn1C. The first-order valence-corrected chi connectivity index (χ1v) is 8.39. The summed E-state index contributed by atoms with van der Waals surface area (Å²) in [6, 6.07) is 3.50. The van der Waals surface area contributed by atoms with Gasteiger partial charge in [-0.05, 0) is 18.4 Å². The van der Waals surface area contributed by atoms with Crippen LogP contribution in [0.2, 0.25) is 0 Å². The number of anilines is 1. The maximum Gasteiger partial charge on any atom is 0.321 e. The van der Waals surface area contributed by atoms with Crippen molar-refractivity contribution >= 4 is 23.3 Å². The van der Waals surface area contributed by atoms with Crippen molar-refractivity contribution in [2.75, 3.05) is 5.32 Å². The molecule has 0 aliphatic carbocycles. The molecule has 9 heteroatoms. The molecule has 0 atom stereocenters. The monoisotopic (exact) mass is 346 g/mol. The van der Waals surface area contributed by atoms with E-state index >= 15 is 0 Å². The predicted molar refractivity (Wildman–Crippen MR) is 90.8 cm³/mol. The first-order valence-electron chi connectivity index (χ1n) is 7.51. The van der Waals surface area contributed by atoms with Crippen molar-refractivity contribution in [1.82, 2.24) is 25.1 Å². The summed E-state index contributed by atoms with van der Waals surface area (Å²) in [6.07, 6.45) is 0.746. The molecule has 8 nitrogen and oxygen atoms in total. The van der Waals surface area contributed by atoms with Crippen LogP contribution < -0.4 is 10.6 Å². The number of carbonyl (C=O) groups is 1. The molecule has 24 heavy (non-hydrogen) atoms. The van der Waals surface area contributed by atoms with Crippen LogP contribution in [0.5, 0.6) is 0 Å². The van der Waals surface area contributed by atoms with Crippen molar-refractivity contribution in [3.05, 3.63) is 34.8 Å². The largest absolute Gasteiger partial charge is 0.440 e. The minimum absolute atomic E-state index is 0.264. The Kier molecular flexibility index (Phi) is 4.61. The highest BCUT2D eigenvalue weighted by atomic mass is 32.1. The van der Waals surface area contributed by atoms with Crippen LogP contribution in [0.15, 0.2) is 21.9 Å². The summed E-state index contributed by atoms with van der Waals surface area (Å²) in [5.74, 6) is 2.34. The second kappa shape index (κ2) is 6.83. The minimum atomic E-state index is -0.386. The van der Waals surface area contributed by atoms with Crippen LogP contribution in [0.1, 0.15) is 24.2 Å². The van der Waals surface area contributed by atoms with E-state index in [1.165, 1.54) is 0 Å². The Labute approximate surface area is 142 Å². The minimum Gasteiger partial charge on any atom is -0.440 e. The average Bonchev–Trinajstić information content (AvgIpc) is 3.25. The average molecular weight is 346 g/mol. The lowest BCUT2D eigenvalue weighted by atomic mass is 10.3. The van der Waals surface area contributed by atoms with E-state index in [1.807, 2.05) is 31.4 Å². The first kappa shape index (κ1) is 16.2. The fraction of sp³-hybridized carbons (Fsp3) is 0.333. The van der Waals surface area contributed by atoms with Crippen LogP contribution >= 0.6 is 11.3 Å². The molecule has 0 spiro atoms. The molecule has 0 aliphatic heterocycles. The molecule has 0 radical (unpaired) electrons. The highest BCUT2D eigenvalue weighted by Crippen LogP contribution is 2.25. The topological polar surface area (TPSA) is 97.9 Å². The summed E-state index contributed by atoms with van der Waals surface area (Å²) in [4.78, 5) is 21.6. The van der Waals surface area contributed by atoms with E-state index in [0.717, 1.165) is 17.1 Å². The lowest BCUT2D eigenvalue weighted by Crippen LogP contribution is -2.29.